The number of allylic oxidation sites excluding steroid dienone is 1. The fourth-order valence-electron chi connectivity index (χ4n) is 2.39. The van der Waals surface area contributed by atoms with Gasteiger partial charge in [0.25, 0.3) is 0 Å². The summed E-state index contributed by atoms with van der Waals surface area (Å²) in [4.78, 5) is 6.99. The number of rotatable bonds is 8. The first kappa shape index (κ1) is 18.6. The van der Waals surface area contributed by atoms with Gasteiger partial charge in [-0.3, -0.25) is 0 Å². The van der Waals surface area contributed by atoms with Crippen LogP contribution in [-0.2, 0) is 0 Å². The molecule has 0 radical (unpaired) electrons. The molecule has 7 heteroatoms. The van der Waals surface area contributed by atoms with Gasteiger partial charge in [0.2, 0.25) is 0 Å². The first-order valence-electron chi connectivity index (χ1n) is 7.79. The first-order valence-corrected chi connectivity index (χ1v) is 8.78. The number of anilines is 2. The van der Waals surface area contributed by atoms with Gasteiger partial charge in [-0.05, 0) is 30.1 Å². The molecule has 0 amide bonds. The minimum atomic E-state index is 0.0184. The third-order valence-electron chi connectivity index (χ3n) is 3.53. The monoisotopic (exact) mass is 349 g/mol. The van der Waals surface area contributed by atoms with E-state index in [4.69, 9.17) is 10.8 Å². The van der Waals surface area contributed by atoms with Crippen LogP contribution in [0.3, 0.4) is 0 Å². The van der Waals surface area contributed by atoms with Crippen molar-refractivity contribution in [3.05, 3.63) is 35.4 Å². The van der Waals surface area contributed by atoms with Crippen LogP contribution in [0, 0.1) is 0 Å². The van der Waals surface area contributed by atoms with Gasteiger partial charge >= 0.3 is 0 Å². The van der Waals surface area contributed by atoms with E-state index in [2.05, 4.69) is 10.9 Å². The molecule has 0 aliphatic carbocycles. The Labute approximate surface area is 146 Å². The van der Waals surface area contributed by atoms with E-state index in [-0.39, 0.29) is 19.8 Å². The molecule has 5 N–H and O–H groups in total. The Morgan fingerprint density at radius 3 is 2.58 bits per heavy atom. The van der Waals surface area contributed by atoms with Crippen LogP contribution >= 0.6 is 11.8 Å². The van der Waals surface area contributed by atoms with E-state index in [0.29, 0.717) is 25.3 Å². The van der Waals surface area contributed by atoms with Crippen LogP contribution in [0.1, 0.15) is 5.56 Å². The van der Waals surface area contributed by atoms with E-state index in [9.17, 15) is 10.2 Å². The molecule has 1 aromatic rings. The molecule has 1 aliphatic heterocycles. The molecule has 1 aromatic carbocycles. The van der Waals surface area contributed by atoms with Gasteiger partial charge in [-0.1, -0.05) is 0 Å². The van der Waals surface area contributed by atoms with Gasteiger partial charge in [0.1, 0.15) is 0 Å². The van der Waals surface area contributed by atoms with Crippen LogP contribution in [0.5, 0.6) is 0 Å². The number of hydrogen-bond acceptors (Lipinski definition) is 7. The Hall–Kier alpha value is -1.76. The summed E-state index contributed by atoms with van der Waals surface area (Å²) in [6.45, 7) is 1.32. The third kappa shape index (κ3) is 4.87. The molecule has 0 unspecified atom stereocenters. The SMILES string of the molecule is Nc1ccc(N(CCO)CCO)cc1C1=CC(=C=NCCO)CS1. The number of aliphatic imine (C=N–C) groups is 1. The average molecular weight is 349 g/mol. The lowest BCUT2D eigenvalue weighted by Crippen LogP contribution is -2.29. The lowest BCUT2D eigenvalue weighted by Gasteiger charge is -2.24. The number of benzene rings is 1. The van der Waals surface area contributed by atoms with Gasteiger partial charge < -0.3 is 26.0 Å². The summed E-state index contributed by atoms with van der Waals surface area (Å²) >= 11 is 1.66. The van der Waals surface area contributed by atoms with Crippen LogP contribution in [0.15, 0.2) is 34.8 Å². The van der Waals surface area contributed by atoms with Crippen molar-refractivity contribution in [3.8, 4) is 0 Å². The molecular formula is C17H23N3O3S. The van der Waals surface area contributed by atoms with Crippen molar-refractivity contribution >= 4 is 33.9 Å². The number of nitrogens with two attached hydrogens (primary N) is 1. The molecule has 0 saturated carbocycles. The lowest BCUT2D eigenvalue weighted by molar-refractivity contribution is 0.281. The van der Waals surface area contributed by atoms with E-state index < -0.39 is 0 Å². The average Bonchev–Trinajstić information content (AvgIpc) is 3.04. The molecule has 0 bridgehead atoms. The van der Waals surface area contributed by atoms with Gasteiger partial charge in [-0.25, -0.2) is 4.99 Å². The fraction of sp³-hybridized carbons (Fsp3) is 0.412. The Balaban J connectivity index is 2.29. The van der Waals surface area contributed by atoms with Crippen molar-refractivity contribution in [1.29, 1.82) is 0 Å². The van der Waals surface area contributed by atoms with Crippen LogP contribution in [0.25, 0.3) is 4.91 Å². The molecule has 2 rings (SSSR count). The Morgan fingerprint density at radius 2 is 1.92 bits per heavy atom. The van der Waals surface area contributed by atoms with E-state index in [0.717, 1.165) is 27.5 Å². The number of thioether (sulfide) groups is 1. The molecule has 24 heavy (non-hydrogen) atoms. The molecule has 0 saturated heterocycles. The molecular weight excluding hydrogens is 326 g/mol. The van der Waals surface area contributed by atoms with Gasteiger partial charge in [0.15, 0.2) is 0 Å². The molecule has 1 heterocycles. The second-order valence-electron chi connectivity index (χ2n) is 5.25. The summed E-state index contributed by atoms with van der Waals surface area (Å²) in [5, 5.41) is 27.1. The standard InChI is InChI=1S/C17H23N3O3S/c18-16-2-1-14(20(4-7-22)5-8-23)10-15(16)17-9-13(12-24-17)11-19-3-6-21/h1-2,9-10,21-23H,3-8,12,18H2. The lowest BCUT2D eigenvalue weighted by atomic mass is 10.1. The first-order chi connectivity index (χ1) is 11.7. The minimum Gasteiger partial charge on any atom is -0.398 e. The van der Waals surface area contributed by atoms with Gasteiger partial charge in [0.05, 0.1) is 26.4 Å². The zero-order valence-electron chi connectivity index (χ0n) is 13.5. The largest absolute Gasteiger partial charge is 0.398 e. The van der Waals surface area contributed by atoms with Crippen LogP contribution in [0.2, 0.25) is 0 Å². The van der Waals surface area contributed by atoms with Crippen LogP contribution in [-0.4, -0.2) is 66.4 Å². The van der Waals surface area contributed by atoms with Gasteiger partial charge in [0, 0.05) is 46.3 Å². The number of hydrogen-bond donors (Lipinski definition) is 4. The molecule has 0 atom stereocenters. The van der Waals surface area contributed by atoms with Crippen LogP contribution < -0.4 is 10.6 Å². The van der Waals surface area contributed by atoms with E-state index in [1.54, 1.807) is 11.8 Å². The second-order valence-corrected chi connectivity index (χ2v) is 6.26. The minimum absolute atomic E-state index is 0.0184. The highest BCUT2D eigenvalue weighted by atomic mass is 32.2. The quantitative estimate of drug-likeness (QED) is 0.408. The molecule has 0 aromatic heterocycles. The van der Waals surface area contributed by atoms with Crippen molar-refractivity contribution in [3.63, 3.8) is 0 Å². The van der Waals surface area contributed by atoms with E-state index in [1.165, 1.54) is 0 Å². The van der Waals surface area contributed by atoms with Gasteiger partial charge in [-0.2, -0.15) is 0 Å². The zero-order chi connectivity index (χ0) is 17.4. The van der Waals surface area contributed by atoms with Crippen molar-refractivity contribution < 1.29 is 15.3 Å². The van der Waals surface area contributed by atoms with E-state index >= 15 is 0 Å². The maximum Gasteiger partial charge on any atom is 0.0715 e. The number of nitrogens with zero attached hydrogens (tertiary/aromatic N) is 2. The van der Waals surface area contributed by atoms with Crippen molar-refractivity contribution in [2.45, 2.75) is 0 Å². The maximum atomic E-state index is 9.19. The van der Waals surface area contributed by atoms with Crippen molar-refractivity contribution in [1.82, 2.24) is 0 Å². The predicted molar refractivity (Wildman–Crippen MR) is 101 cm³/mol. The molecule has 0 fully saturated rings. The number of aliphatic hydroxyl groups is 3. The Bertz CT molecular complexity index is 648. The highest BCUT2D eigenvalue weighted by molar-refractivity contribution is 8.08. The predicted octanol–water partition coefficient (Wildman–Crippen LogP) is 0.736. The maximum absolute atomic E-state index is 9.19. The van der Waals surface area contributed by atoms with Gasteiger partial charge in [-0.15, -0.1) is 11.8 Å². The molecule has 6 nitrogen and oxygen atoms in total. The smallest absolute Gasteiger partial charge is 0.0715 e. The highest BCUT2D eigenvalue weighted by Gasteiger charge is 2.16. The topological polar surface area (TPSA) is 102 Å². The fourth-order valence-corrected chi connectivity index (χ4v) is 3.41. The van der Waals surface area contributed by atoms with Crippen LogP contribution in [0.4, 0.5) is 11.4 Å². The molecule has 1 aliphatic rings. The zero-order valence-corrected chi connectivity index (χ0v) is 14.3. The normalized spacial score (nSPS) is 13.6. The summed E-state index contributed by atoms with van der Waals surface area (Å²) < 4.78 is 0. The number of nitrogen functional groups attached to an aromatic ring is 1. The number of aliphatic hydroxyl groups excluding tert-OH is 3. The Kier molecular flexibility index (Phi) is 7.36. The third-order valence-corrected chi connectivity index (χ3v) is 4.63. The molecule has 130 valence electrons. The Morgan fingerprint density at radius 1 is 1.17 bits per heavy atom. The summed E-state index contributed by atoms with van der Waals surface area (Å²) in [5.41, 5.74) is 9.62. The summed E-state index contributed by atoms with van der Waals surface area (Å²) in [5.74, 6) is 3.72. The summed E-state index contributed by atoms with van der Waals surface area (Å²) in [7, 11) is 0. The molecule has 0 spiro atoms. The highest BCUT2D eigenvalue weighted by Crippen LogP contribution is 2.39. The van der Waals surface area contributed by atoms with Crippen molar-refractivity contribution in [2.24, 2.45) is 4.99 Å². The summed E-state index contributed by atoms with van der Waals surface area (Å²) in [6.07, 6.45) is 2.00. The second kappa shape index (κ2) is 9.52. The van der Waals surface area contributed by atoms with Crippen molar-refractivity contribution in [2.75, 3.05) is 55.8 Å². The van der Waals surface area contributed by atoms with E-state index in [1.807, 2.05) is 29.2 Å². The summed E-state index contributed by atoms with van der Waals surface area (Å²) in [6, 6.07) is 5.71.